The average Bonchev–Trinajstić information content (AvgIpc) is 2.46. The average molecular weight is 292 g/mol. The minimum Gasteiger partial charge on any atom is -1.00 e. The van der Waals surface area contributed by atoms with Gasteiger partial charge in [-0.05, 0) is 23.3 Å². The molecular formula is C16H18ClNO2. The topological polar surface area (TPSA) is 22.3 Å². The monoisotopic (exact) mass is 291 g/mol. The van der Waals surface area contributed by atoms with Crippen molar-refractivity contribution in [3.63, 3.8) is 0 Å². The first kappa shape index (κ1) is 16.1. The van der Waals surface area contributed by atoms with E-state index in [9.17, 15) is 0 Å². The molecule has 0 spiro atoms. The van der Waals surface area contributed by atoms with E-state index in [0.29, 0.717) is 0 Å². The zero-order valence-corrected chi connectivity index (χ0v) is 12.6. The van der Waals surface area contributed by atoms with Gasteiger partial charge in [0, 0.05) is 12.1 Å². The number of pyridine rings is 1. The van der Waals surface area contributed by atoms with Crippen molar-refractivity contribution in [3.05, 3.63) is 53.9 Å². The van der Waals surface area contributed by atoms with Crippen LogP contribution in [0.2, 0.25) is 0 Å². The van der Waals surface area contributed by atoms with Gasteiger partial charge in [0.1, 0.15) is 7.05 Å². The Labute approximate surface area is 125 Å². The highest BCUT2D eigenvalue weighted by Gasteiger charge is 2.02. The molecule has 3 nitrogen and oxygen atoms in total. The normalized spacial score (nSPS) is 10.2. The Kier molecular flexibility index (Phi) is 6.07. The number of methoxy groups -OCH3 is 2. The summed E-state index contributed by atoms with van der Waals surface area (Å²) in [5, 5.41) is 0. The Morgan fingerprint density at radius 3 is 2.05 bits per heavy atom. The number of aryl methyl sites for hydroxylation is 1. The molecule has 4 heteroatoms. The number of ether oxygens (including phenoxy) is 2. The van der Waals surface area contributed by atoms with E-state index in [1.165, 1.54) is 0 Å². The molecule has 0 fully saturated rings. The van der Waals surface area contributed by atoms with Crippen molar-refractivity contribution in [1.29, 1.82) is 0 Å². The second-order valence-corrected chi connectivity index (χ2v) is 4.24. The van der Waals surface area contributed by atoms with Gasteiger partial charge in [-0.1, -0.05) is 18.2 Å². The second kappa shape index (κ2) is 7.56. The summed E-state index contributed by atoms with van der Waals surface area (Å²) in [6.07, 6.45) is 8.17. The van der Waals surface area contributed by atoms with Gasteiger partial charge in [-0.15, -0.1) is 0 Å². The van der Waals surface area contributed by atoms with Crippen LogP contribution >= 0.6 is 0 Å². The fraction of sp³-hybridized carbons (Fsp3) is 0.188. The van der Waals surface area contributed by atoms with Gasteiger partial charge in [0.25, 0.3) is 0 Å². The lowest BCUT2D eigenvalue weighted by Gasteiger charge is -2.07. The number of nitrogens with zero attached hydrogens (tertiary/aromatic N) is 1. The summed E-state index contributed by atoms with van der Waals surface area (Å²) in [6.45, 7) is 0. The molecule has 0 aliphatic rings. The number of rotatable bonds is 4. The summed E-state index contributed by atoms with van der Waals surface area (Å²) in [6, 6.07) is 10.00. The van der Waals surface area contributed by atoms with Crippen LogP contribution in [-0.2, 0) is 7.05 Å². The zero-order chi connectivity index (χ0) is 13.7. The van der Waals surface area contributed by atoms with Crippen LogP contribution in [0.25, 0.3) is 12.2 Å². The Hall–Kier alpha value is -2.00. The van der Waals surface area contributed by atoms with Crippen molar-refractivity contribution in [1.82, 2.24) is 0 Å². The predicted molar refractivity (Wildman–Crippen MR) is 76.1 cm³/mol. The molecule has 1 aromatic carbocycles. The SMILES string of the molecule is COc1ccc(/C=C/c2cc[n+](C)cc2)cc1OC.[Cl-]. The zero-order valence-electron chi connectivity index (χ0n) is 11.8. The third kappa shape index (κ3) is 4.00. The Morgan fingerprint density at radius 1 is 0.850 bits per heavy atom. The van der Waals surface area contributed by atoms with Crippen LogP contribution in [0.3, 0.4) is 0 Å². The number of hydrogen-bond acceptors (Lipinski definition) is 2. The first-order chi connectivity index (χ1) is 9.22. The van der Waals surface area contributed by atoms with Crippen LogP contribution in [0.5, 0.6) is 11.5 Å². The maximum absolute atomic E-state index is 5.28. The van der Waals surface area contributed by atoms with Crippen LogP contribution in [0, 0.1) is 0 Å². The van der Waals surface area contributed by atoms with Gasteiger partial charge in [-0.25, -0.2) is 4.57 Å². The lowest BCUT2D eigenvalue weighted by molar-refractivity contribution is -0.671. The number of aromatic nitrogens is 1. The third-order valence-corrected chi connectivity index (χ3v) is 2.88. The van der Waals surface area contributed by atoms with Crippen molar-refractivity contribution < 1.29 is 26.4 Å². The molecule has 0 saturated carbocycles. The summed E-state index contributed by atoms with van der Waals surface area (Å²) in [4.78, 5) is 0. The molecule has 0 aliphatic heterocycles. The molecular weight excluding hydrogens is 274 g/mol. The largest absolute Gasteiger partial charge is 1.00 e. The van der Waals surface area contributed by atoms with E-state index < -0.39 is 0 Å². The Morgan fingerprint density at radius 2 is 1.45 bits per heavy atom. The van der Waals surface area contributed by atoms with Gasteiger partial charge in [0.05, 0.1) is 14.2 Å². The molecule has 1 aromatic heterocycles. The molecule has 0 N–H and O–H groups in total. The molecule has 20 heavy (non-hydrogen) atoms. The lowest BCUT2D eigenvalue weighted by Crippen LogP contribution is -3.00. The van der Waals surface area contributed by atoms with E-state index in [2.05, 4.69) is 24.3 Å². The van der Waals surface area contributed by atoms with Crippen LogP contribution in [-0.4, -0.2) is 14.2 Å². The minimum atomic E-state index is 0. The summed E-state index contributed by atoms with van der Waals surface area (Å²) >= 11 is 0. The van der Waals surface area contributed by atoms with E-state index in [4.69, 9.17) is 9.47 Å². The van der Waals surface area contributed by atoms with E-state index in [1.54, 1.807) is 14.2 Å². The first-order valence-electron chi connectivity index (χ1n) is 6.08. The van der Waals surface area contributed by atoms with Crippen molar-refractivity contribution in [2.45, 2.75) is 0 Å². The van der Waals surface area contributed by atoms with Crippen molar-refractivity contribution in [2.24, 2.45) is 7.05 Å². The molecule has 0 aliphatic carbocycles. The van der Waals surface area contributed by atoms with Gasteiger partial charge in [0.2, 0.25) is 0 Å². The van der Waals surface area contributed by atoms with Gasteiger partial charge in [-0.3, -0.25) is 0 Å². The molecule has 0 amide bonds. The minimum absolute atomic E-state index is 0. The number of hydrogen-bond donors (Lipinski definition) is 0. The summed E-state index contributed by atoms with van der Waals surface area (Å²) < 4.78 is 12.5. The predicted octanol–water partition coefficient (Wildman–Crippen LogP) is -0.297. The van der Waals surface area contributed by atoms with E-state index in [0.717, 1.165) is 22.6 Å². The summed E-state index contributed by atoms with van der Waals surface area (Å²) in [5.41, 5.74) is 2.23. The van der Waals surface area contributed by atoms with Crippen molar-refractivity contribution in [3.8, 4) is 11.5 Å². The fourth-order valence-corrected chi connectivity index (χ4v) is 1.77. The van der Waals surface area contributed by atoms with Gasteiger partial charge < -0.3 is 21.9 Å². The molecule has 106 valence electrons. The number of benzene rings is 1. The maximum Gasteiger partial charge on any atom is 0.169 e. The van der Waals surface area contributed by atoms with E-state index in [-0.39, 0.29) is 12.4 Å². The molecule has 0 radical (unpaired) electrons. The van der Waals surface area contributed by atoms with Crippen LogP contribution < -0.4 is 26.4 Å². The Balaban J connectivity index is 0.00000200. The van der Waals surface area contributed by atoms with Crippen LogP contribution in [0.15, 0.2) is 42.7 Å². The molecule has 1 heterocycles. The van der Waals surface area contributed by atoms with Gasteiger partial charge >= 0.3 is 0 Å². The molecule has 0 bridgehead atoms. The molecule has 2 aromatic rings. The smallest absolute Gasteiger partial charge is 0.169 e. The second-order valence-electron chi connectivity index (χ2n) is 4.24. The third-order valence-electron chi connectivity index (χ3n) is 2.88. The summed E-state index contributed by atoms with van der Waals surface area (Å²) in [7, 11) is 5.28. The maximum atomic E-state index is 5.28. The molecule has 0 unspecified atom stereocenters. The van der Waals surface area contributed by atoms with Gasteiger partial charge in [-0.2, -0.15) is 0 Å². The summed E-state index contributed by atoms with van der Waals surface area (Å²) in [5.74, 6) is 1.48. The van der Waals surface area contributed by atoms with Gasteiger partial charge in [0.15, 0.2) is 23.9 Å². The molecule has 0 saturated heterocycles. The standard InChI is InChI=1S/C16H18NO2.ClH/c1-17-10-8-13(9-11-17)4-5-14-6-7-15(18-2)16(12-14)19-3;/h4-12H,1-3H3;1H/q+1;/p-1/b5-4+;. The lowest BCUT2D eigenvalue weighted by atomic mass is 10.1. The Bertz CT molecular complexity index is 580. The van der Waals surface area contributed by atoms with Crippen LogP contribution in [0.4, 0.5) is 0 Å². The highest BCUT2D eigenvalue weighted by atomic mass is 35.5. The van der Waals surface area contributed by atoms with E-state index >= 15 is 0 Å². The van der Waals surface area contributed by atoms with E-state index in [1.807, 2.05) is 42.2 Å². The molecule has 0 atom stereocenters. The fourth-order valence-electron chi connectivity index (χ4n) is 1.77. The highest BCUT2D eigenvalue weighted by Crippen LogP contribution is 2.28. The quantitative estimate of drug-likeness (QED) is 0.722. The van der Waals surface area contributed by atoms with Crippen molar-refractivity contribution >= 4 is 12.2 Å². The highest BCUT2D eigenvalue weighted by molar-refractivity contribution is 5.70. The van der Waals surface area contributed by atoms with Crippen LogP contribution in [0.1, 0.15) is 11.1 Å². The molecule has 2 rings (SSSR count). The first-order valence-corrected chi connectivity index (χ1v) is 6.08. The number of halogens is 1. The van der Waals surface area contributed by atoms with Crippen molar-refractivity contribution in [2.75, 3.05) is 14.2 Å².